The molecule has 1 amide bonds. The summed E-state index contributed by atoms with van der Waals surface area (Å²) in [7, 11) is 2.06. The minimum absolute atomic E-state index is 0.117. The Hall–Kier alpha value is -1.54. The van der Waals surface area contributed by atoms with Gasteiger partial charge in [0, 0.05) is 45.5 Å². The number of carbonyl (C=O) groups excluding carboxylic acids is 1. The summed E-state index contributed by atoms with van der Waals surface area (Å²) in [6.45, 7) is 9.30. The van der Waals surface area contributed by atoms with Crippen molar-refractivity contribution in [2.75, 3.05) is 46.3 Å². The van der Waals surface area contributed by atoms with Gasteiger partial charge in [-0.2, -0.15) is 5.26 Å². The van der Waals surface area contributed by atoms with Gasteiger partial charge in [-0.15, -0.1) is 0 Å². The molecule has 0 aromatic carbocycles. The zero-order valence-electron chi connectivity index (χ0n) is 14.3. The second-order valence-corrected chi connectivity index (χ2v) is 5.99. The summed E-state index contributed by atoms with van der Waals surface area (Å²) in [6, 6.07) is 2.11. The van der Waals surface area contributed by atoms with Crippen LogP contribution in [0.1, 0.15) is 39.5 Å². The van der Waals surface area contributed by atoms with Crippen LogP contribution < -0.4 is 0 Å². The highest BCUT2D eigenvalue weighted by atomic mass is 16.2. The third-order valence-corrected chi connectivity index (χ3v) is 4.05. The number of piperazine rings is 1. The number of amides is 1. The van der Waals surface area contributed by atoms with Crippen molar-refractivity contribution in [2.24, 2.45) is 0 Å². The molecule has 0 bridgehead atoms. The Bertz CT molecular complexity index is 397. The predicted octanol–water partition coefficient (Wildman–Crippen LogP) is 2.07. The third kappa shape index (κ3) is 6.07. The maximum atomic E-state index is 12.5. The maximum absolute atomic E-state index is 12.5. The summed E-state index contributed by atoms with van der Waals surface area (Å²) in [5, 5.41) is 9.38. The average molecular weight is 306 g/mol. The molecule has 0 unspecified atom stereocenters. The smallest absolute Gasteiger partial charge is 0.266 e. The van der Waals surface area contributed by atoms with E-state index in [4.69, 9.17) is 0 Å². The molecular weight excluding hydrogens is 276 g/mol. The Labute approximate surface area is 135 Å². The van der Waals surface area contributed by atoms with Crippen LogP contribution in [0, 0.1) is 11.3 Å². The number of rotatable bonds is 8. The fourth-order valence-electron chi connectivity index (χ4n) is 2.46. The van der Waals surface area contributed by atoms with Crippen molar-refractivity contribution in [1.29, 1.82) is 5.26 Å². The summed E-state index contributed by atoms with van der Waals surface area (Å²) in [4.78, 5) is 18.6. The van der Waals surface area contributed by atoms with Crippen molar-refractivity contribution in [3.05, 3.63) is 11.8 Å². The van der Waals surface area contributed by atoms with Gasteiger partial charge < -0.3 is 14.7 Å². The van der Waals surface area contributed by atoms with Crippen molar-refractivity contribution < 1.29 is 4.79 Å². The molecule has 0 atom stereocenters. The number of hydrogen-bond acceptors (Lipinski definition) is 4. The molecule has 1 rings (SSSR count). The number of likely N-dealkylation sites (N-methyl/N-ethyl adjacent to an activating group) is 1. The molecule has 5 nitrogen and oxygen atoms in total. The van der Waals surface area contributed by atoms with Crippen LogP contribution in [-0.2, 0) is 4.79 Å². The zero-order chi connectivity index (χ0) is 16.4. The van der Waals surface area contributed by atoms with Crippen LogP contribution in [-0.4, -0.2) is 66.9 Å². The average Bonchev–Trinajstić information content (AvgIpc) is 2.54. The van der Waals surface area contributed by atoms with Crippen LogP contribution in [0.3, 0.4) is 0 Å². The first kappa shape index (κ1) is 18.5. The summed E-state index contributed by atoms with van der Waals surface area (Å²) < 4.78 is 0. The van der Waals surface area contributed by atoms with Crippen molar-refractivity contribution in [3.63, 3.8) is 0 Å². The van der Waals surface area contributed by atoms with Crippen LogP contribution >= 0.6 is 0 Å². The van der Waals surface area contributed by atoms with E-state index in [0.29, 0.717) is 13.1 Å². The lowest BCUT2D eigenvalue weighted by atomic mass is 10.2. The van der Waals surface area contributed by atoms with Crippen LogP contribution in [0.5, 0.6) is 0 Å². The normalized spacial score (nSPS) is 16.5. The molecule has 1 aliphatic rings. The molecule has 5 heteroatoms. The largest absolute Gasteiger partial charge is 0.376 e. The Balaban J connectivity index is 2.72. The Morgan fingerprint density at radius 2 is 1.68 bits per heavy atom. The molecule has 22 heavy (non-hydrogen) atoms. The van der Waals surface area contributed by atoms with Gasteiger partial charge in [0.25, 0.3) is 5.91 Å². The fourth-order valence-corrected chi connectivity index (χ4v) is 2.46. The van der Waals surface area contributed by atoms with E-state index in [1.54, 1.807) is 11.1 Å². The van der Waals surface area contributed by atoms with Gasteiger partial charge in [0.2, 0.25) is 0 Å². The van der Waals surface area contributed by atoms with Crippen molar-refractivity contribution in [2.45, 2.75) is 39.5 Å². The standard InChI is InChI=1S/C17H30N4O/c1-4-6-8-20(9-7-5-2)15-16(14-18)17(22)21-12-10-19(3)11-13-21/h15H,4-13H2,1-3H3/b16-15-. The van der Waals surface area contributed by atoms with Gasteiger partial charge in [-0.05, 0) is 19.9 Å². The van der Waals surface area contributed by atoms with Gasteiger partial charge in [0.15, 0.2) is 0 Å². The van der Waals surface area contributed by atoms with E-state index in [1.807, 2.05) is 0 Å². The Kier molecular flexibility index (Phi) is 8.61. The first-order chi connectivity index (χ1) is 10.6. The third-order valence-electron chi connectivity index (χ3n) is 4.05. The van der Waals surface area contributed by atoms with E-state index < -0.39 is 0 Å². The maximum Gasteiger partial charge on any atom is 0.266 e. The summed E-state index contributed by atoms with van der Waals surface area (Å²) in [6.07, 6.45) is 6.19. The Morgan fingerprint density at radius 3 is 2.14 bits per heavy atom. The summed E-state index contributed by atoms with van der Waals surface area (Å²) in [5.41, 5.74) is 0.275. The van der Waals surface area contributed by atoms with Crippen molar-refractivity contribution >= 4 is 5.91 Å². The van der Waals surface area contributed by atoms with Gasteiger partial charge in [-0.3, -0.25) is 4.79 Å². The van der Waals surface area contributed by atoms with E-state index >= 15 is 0 Å². The quantitative estimate of drug-likeness (QED) is 0.509. The lowest BCUT2D eigenvalue weighted by Crippen LogP contribution is -2.47. The number of unbranched alkanes of at least 4 members (excludes halogenated alkanes) is 2. The number of carbonyl (C=O) groups is 1. The van der Waals surface area contributed by atoms with Gasteiger partial charge in [0.05, 0.1) is 0 Å². The molecule has 1 aliphatic heterocycles. The molecule has 1 fully saturated rings. The molecule has 0 aliphatic carbocycles. The SMILES string of the molecule is CCCCN(/C=C(/C#N)C(=O)N1CCN(C)CC1)CCCC. The van der Waals surface area contributed by atoms with E-state index in [1.165, 1.54) is 0 Å². The number of nitriles is 1. The van der Waals surface area contributed by atoms with Crippen LogP contribution in [0.4, 0.5) is 0 Å². The molecule has 1 heterocycles. The molecule has 0 saturated carbocycles. The molecular formula is C17H30N4O. The molecule has 1 saturated heterocycles. The summed E-state index contributed by atoms with van der Waals surface area (Å²) in [5.74, 6) is -0.117. The molecule has 0 aromatic rings. The highest BCUT2D eigenvalue weighted by Gasteiger charge is 2.22. The molecule has 0 aromatic heterocycles. The van der Waals surface area contributed by atoms with Crippen molar-refractivity contribution in [3.8, 4) is 6.07 Å². The second kappa shape index (κ2) is 10.2. The predicted molar refractivity (Wildman–Crippen MR) is 89.2 cm³/mol. The lowest BCUT2D eigenvalue weighted by Gasteiger charge is -2.32. The van der Waals surface area contributed by atoms with E-state index in [-0.39, 0.29) is 11.5 Å². The van der Waals surface area contributed by atoms with E-state index in [0.717, 1.165) is 51.9 Å². The van der Waals surface area contributed by atoms with Crippen LogP contribution in [0.15, 0.2) is 11.8 Å². The number of nitrogens with zero attached hydrogens (tertiary/aromatic N) is 4. The van der Waals surface area contributed by atoms with Crippen molar-refractivity contribution in [1.82, 2.24) is 14.7 Å². The van der Waals surface area contributed by atoms with Gasteiger partial charge in [0.1, 0.15) is 11.6 Å². The Morgan fingerprint density at radius 1 is 1.14 bits per heavy atom. The molecule has 0 radical (unpaired) electrons. The minimum atomic E-state index is -0.117. The first-order valence-electron chi connectivity index (χ1n) is 8.46. The zero-order valence-corrected chi connectivity index (χ0v) is 14.3. The topological polar surface area (TPSA) is 50.6 Å². The van der Waals surface area contributed by atoms with Crippen LogP contribution in [0.25, 0.3) is 0 Å². The van der Waals surface area contributed by atoms with E-state index in [9.17, 15) is 10.1 Å². The van der Waals surface area contributed by atoms with Crippen LogP contribution in [0.2, 0.25) is 0 Å². The summed E-state index contributed by atoms with van der Waals surface area (Å²) >= 11 is 0. The minimum Gasteiger partial charge on any atom is -0.376 e. The lowest BCUT2D eigenvalue weighted by molar-refractivity contribution is -0.128. The monoisotopic (exact) mass is 306 g/mol. The molecule has 0 spiro atoms. The number of hydrogen-bond donors (Lipinski definition) is 0. The first-order valence-corrected chi connectivity index (χ1v) is 8.46. The fraction of sp³-hybridized carbons (Fsp3) is 0.765. The van der Waals surface area contributed by atoms with Gasteiger partial charge in [-0.25, -0.2) is 0 Å². The molecule has 0 N–H and O–H groups in total. The highest BCUT2D eigenvalue weighted by molar-refractivity contribution is 5.97. The van der Waals surface area contributed by atoms with Gasteiger partial charge >= 0.3 is 0 Å². The van der Waals surface area contributed by atoms with E-state index in [2.05, 4.69) is 36.8 Å². The molecule has 124 valence electrons. The van der Waals surface area contributed by atoms with Gasteiger partial charge in [-0.1, -0.05) is 26.7 Å². The highest BCUT2D eigenvalue weighted by Crippen LogP contribution is 2.09. The second-order valence-electron chi connectivity index (χ2n) is 5.99.